The van der Waals surface area contributed by atoms with Gasteiger partial charge in [-0.3, -0.25) is 4.79 Å². The van der Waals surface area contributed by atoms with Gasteiger partial charge in [-0.05, 0) is 44.0 Å². The first-order valence-electron chi connectivity index (χ1n) is 5.76. The molecule has 0 aliphatic carbocycles. The normalized spacial score (nSPS) is 12.9. The smallest absolute Gasteiger partial charge is 0.179 e. The zero-order chi connectivity index (χ0) is 12.3. The van der Waals surface area contributed by atoms with Crippen LogP contribution in [0.4, 0.5) is 0 Å². The Hall–Kier alpha value is -1.15. The minimum Gasteiger partial charge on any atom is -0.310 e. The maximum atomic E-state index is 12.2. The maximum Gasteiger partial charge on any atom is 0.179 e. The molecule has 0 aliphatic heterocycles. The fraction of sp³-hybridized carbons (Fsp3) is 0.500. The standard InChI is InChI=1S/C14H21NO/c1-9(2)13(15-5)14(16)12-7-6-10(3)11(4)8-12/h6-9,13,15H,1-5H3. The van der Waals surface area contributed by atoms with E-state index in [1.54, 1.807) is 0 Å². The number of hydrogen-bond acceptors (Lipinski definition) is 2. The van der Waals surface area contributed by atoms with Gasteiger partial charge in [0.25, 0.3) is 0 Å². The highest BCUT2D eigenvalue weighted by Crippen LogP contribution is 2.14. The molecule has 0 saturated carbocycles. The molecule has 1 aromatic carbocycles. The molecule has 1 aromatic rings. The lowest BCUT2D eigenvalue weighted by molar-refractivity contribution is 0.0922. The molecule has 2 nitrogen and oxygen atoms in total. The molecular formula is C14H21NO. The first kappa shape index (κ1) is 12.9. The molecule has 0 aliphatic rings. The van der Waals surface area contributed by atoms with Crippen molar-refractivity contribution in [2.75, 3.05) is 7.05 Å². The summed E-state index contributed by atoms with van der Waals surface area (Å²) in [6, 6.07) is 5.80. The van der Waals surface area contributed by atoms with Crippen LogP contribution in [0.25, 0.3) is 0 Å². The van der Waals surface area contributed by atoms with Gasteiger partial charge in [0.15, 0.2) is 5.78 Å². The Labute approximate surface area is 98.1 Å². The van der Waals surface area contributed by atoms with Crippen molar-refractivity contribution in [2.24, 2.45) is 5.92 Å². The molecule has 0 radical (unpaired) electrons. The number of rotatable bonds is 4. The Morgan fingerprint density at radius 2 is 1.81 bits per heavy atom. The summed E-state index contributed by atoms with van der Waals surface area (Å²) in [5, 5.41) is 3.08. The van der Waals surface area contributed by atoms with E-state index >= 15 is 0 Å². The number of nitrogens with one attached hydrogen (secondary N) is 1. The molecular weight excluding hydrogens is 198 g/mol. The quantitative estimate of drug-likeness (QED) is 0.789. The second-order valence-electron chi connectivity index (χ2n) is 4.67. The fourth-order valence-electron chi connectivity index (χ4n) is 1.84. The van der Waals surface area contributed by atoms with E-state index in [-0.39, 0.29) is 11.8 Å². The van der Waals surface area contributed by atoms with E-state index < -0.39 is 0 Å². The Bertz CT molecular complexity index is 382. The summed E-state index contributed by atoms with van der Waals surface area (Å²) in [5.74, 6) is 0.486. The lowest BCUT2D eigenvalue weighted by Crippen LogP contribution is -2.38. The first-order valence-corrected chi connectivity index (χ1v) is 5.76. The van der Waals surface area contributed by atoms with E-state index in [1.165, 1.54) is 11.1 Å². The third kappa shape index (κ3) is 2.70. The van der Waals surface area contributed by atoms with Crippen molar-refractivity contribution < 1.29 is 4.79 Å². The number of likely N-dealkylation sites (N-methyl/N-ethyl adjacent to an activating group) is 1. The van der Waals surface area contributed by atoms with E-state index in [2.05, 4.69) is 26.1 Å². The maximum absolute atomic E-state index is 12.2. The molecule has 0 heterocycles. The number of carbonyl (C=O) groups is 1. The summed E-state index contributed by atoms with van der Waals surface area (Å²) in [4.78, 5) is 12.2. The van der Waals surface area contributed by atoms with Crippen molar-refractivity contribution in [1.29, 1.82) is 0 Å². The van der Waals surface area contributed by atoms with E-state index in [9.17, 15) is 4.79 Å². The number of ketones is 1. The lowest BCUT2D eigenvalue weighted by atomic mass is 9.93. The van der Waals surface area contributed by atoms with Crippen molar-refractivity contribution in [1.82, 2.24) is 5.32 Å². The zero-order valence-corrected chi connectivity index (χ0v) is 10.8. The number of carbonyl (C=O) groups excluding carboxylic acids is 1. The molecule has 0 aromatic heterocycles. The van der Waals surface area contributed by atoms with Gasteiger partial charge in [-0.15, -0.1) is 0 Å². The highest BCUT2D eigenvalue weighted by atomic mass is 16.1. The van der Waals surface area contributed by atoms with Gasteiger partial charge in [0.1, 0.15) is 0 Å². The number of aryl methyl sites for hydroxylation is 2. The van der Waals surface area contributed by atoms with Crippen LogP contribution in [0, 0.1) is 19.8 Å². The van der Waals surface area contributed by atoms with Crippen LogP contribution in [-0.2, 0) is 0 Å². The Morgan fingerprint density at radius 1 is 1.19 bits per heavy atom. The van der Waals surface area contributed by atoms with Crippen molar-refractivity contribution in [2.45, 2.75) is 33.7 Å². The van der Waals surface area contributed by atoms with Crippen molar-refractivity contribution >= 4 is 5.78 Å². The van der Waals surface area contributed by atoms with Crippen LogP contribution in [0.15, 0.2) is 18.2 Å². The van der Waals surface area contributed by atoms with Crippen LogP contribution >= 0.6 is 0 Å². The third-order valence-electron chi connectivity index (χ3n) is 3.05. The summed E-state index contributed by atoms with van der Waals surface area (Å²) in [6.45, 7) is 8.21. The molecule has 1 rings (SSSR count). The van der Waals surface area contributed by atoms with Crippen molar-refractivity contribution in [3.8, 4) is 0 Å². The third-order valence-corrected chi connectivity index (χ3v) is 3.05. The molecule has 16 heavy (non-hydrogen) atoms. The van der Waals surface area contributed by atoms with Crippen LogP contribution < -0.4 is 5.32 Å². The Balaban J connectivity index is 2.99. The monoisotopic (exact) mass is 219 g/mol. The Kier molecular flexibility index (Phi) is 4.25. The summed E-state index contributed by atoms with van der Waals surface area (Å²) in [6.07, 6.45) is 0. The topological polar surface area (TPSA) is 29.1 Å². The van der Waals surface area contributed by atoms with Gasteiger partial charge >= 0.3 is 0 Å². The molecule has 1 N–H and O–H groups in total. The molecule has 1 unspecified atom stereocenters. The molecule has 0 saturated heterocycles. The summed E-state index contributed by atoms with van der Waals surface area (Å²) in [7, 11) is 1.84. The minimum absolute atomic E-state index is 0.0953. The van der Waals surface area contributed by atoms with Gasteiger partial charge in [-0.1, -0.05) is 26.0 Å². The molecule has 1 atom stereocenters. The highest BCUT2D eigenvalue weighted by Gasteiger charge is 2.21. The van der Waals surface area contributed by atoms with Gasteiger partial charge in [0.05, 0.1) is 6.04 Å². The van der Waals surface area contributed by atoms with Gasteiger partial charge in [0, 0.05) is 5.56 Å². The molecule has 88 valence electrons. The van der Waals surface area contributed by atoms with E-state index in [0.717, 1.165) is 5.56 Å². The summed E-state index contributed by atoms with van der Waals surface area (Å²) >= 11 is 0. The molecule has 0 fully saturated rings. The van der Waals surface area contributed by atoms with E-state index in [1.807, 2.05) is 32.2 Å². The molecule has 0 bridgehead atoms. The van der Waals surface area contributed by atoms with E-state index in [4.69, 9.17) is 0 Å². The number of hydrogen-bond donors (Lipinski definition) is 1. The summed E-state index contributed by atoms with van der Waals surface area (Å²) in [5.41, 5.74) is 3.20. The van der Waals surface area contributed by atoms with Crippen LogP contribution in [0.1, 0.15) is 35.3 Å². The molecule has 0 spiro atoms. The average molecular weight is 219 g/mol. The summed E-state index contributed by atoms with van der Waals surface area (Å²) < 4.78 is 0. The van der Waals surface area contributed by atoms with Crippen molar-refractivity contribution in [3.05, 3.63) is 34.9 Å². The van der Waals surface area contributed by atoms with E-state index in [0.29, 0.717) is 5.92 Å². The average Bonchev–Trinajstić information content (AvgIpc) is 2.22. The van der Waals surface area contributed by atoms with Crippen LogP contribution in [0.2, 0.25) is 0 Å². The van der Waals surface area contributed by atoms with Crippen molar-refractivity contribution in [3.63, 3.8) is 0 Å². The zero-order valence-electron chi connectivity index (χ0n) is 10.8. The molecule has 2 heteroatoms. The second-order valence-corrected chi connectivity index (χ2v) is 4.67. The number of benzene rings is 1. The first-order chi connectivity index (χ1) is 7.47. The predicted molar refractivity (Wildman–Crippen MR) is 67.9 cm³/mol. The van der Waals surface area contributed by atoms with Gasteiger partial charge < -0.3 is 5.32 Å². The van der Waals surface area contributed by atoms with Gasteiger partial charge in [-0.25, -0.2) is 0 Å². The van der Waals surface area contributed by atoms with Gasteiger partial charge in [-0.2, -0.15) is 0 Å². The van der Waals surface area contributed by atoms with Crippen LogP contribution in [0.3, 0.4) is 0 Å². The fourth-order valence-corrected chi connectivity index (χ4v) is 1.84. The predicted octanol–water partition coefficient (Wildman–Crippen LogP) is 2.73. The van der Waals surface area contributed by atoms with Gasteiger partial charge in [0.2, 0.25) is 0 Å². The second kappa shape index (κ2) is 5.26. The highest BCUT2D eigenvalue weighted by molar-refractivity contribution is 6.00. The minimum atomic E-state index is -0.0953. The largest absolute Gasteiger partial charge is 0.310 e. The van der Waals surface area contributed by atoms with Crippen LogP contribution in [0.5, 0.6) is 0 Å². The Morgan fingerprint density at radius 3 is 2.25 bits per heavy atom. The molecule has 0 amide bonds. The SMILES string of the molecule is CNC(C(=O)c1ccc(C)c(C)c1)C(C)C. The number of Topliss-reactive ketones (excluding diaryl/α,β-unsaturated/α-hetero) is 1. The lowest BCUT2D eigenvalue weighted by Gasteiger charge is -2.19. The van der Waals surface area contributed by atoms with Crippen LogP contribution in [-0.4, -0.2) is 18.9 Å².